The molecule has 0 atom stereocenters. The first-order chi connectivity index (χ1) is 6.72. The number of nitrogens with zero attached hydrogens (tertiary/aromatic N) is 1. The van der Waals surface area contributed by atoms with Gasteiger partial charge in [-0.25, -0.2) is 8.78 Å². The highest BCUT2D eigenvalue weighted by molar-refractivity contribution is 4.78. The van der Waals surface area contributed by atoms with Crippen LogP contribution in [0.2, 0.25) is 0 Å². The van der Waals surface area contributed by atoms with Crippen molar-refractivity contribution in [2.75, 3.05) is 39.5 Å². The van der Waals surface area contributed by atoms with Gasteiger partial charge < -0.3 is 14.7 Å². The van der Waals surface area contributed by atoms with Gasteiger partial charge in [0.15, 0.2) is 0 Å². The second-order valence-electron chi connectivity index (χ2n) is 3.63. The smallest absolute Gasteiger partial charge is 0.261 e. The molecule has 0 saturated carbocycles. The van der Waals surface area contributed by atoms with E-state index < -0.39 is 13.0 Å². The van der Waals surface area contributed by atoms with Crippen LogP contribution in [-0.2, 0) is 4.74 Å². The van der Waals surface area contributed by atoms with E-state index >= 15 is 0 Å². The summed E-state index contributed by atoms with van der Waals surface area (Å²) in [5, 5.41) is 8.74. The van der Waals surface area contributed by atoms with Gasteiger partial charge in [-0.1, -0.05) is 0 Å². The first-order valence-corrected chi connectivity index (χ1v) is 4.91. The molecule has 0 aromatic rings. The van der Waals surface area contributed by atoms with E-state index in [4.69, 9.17) is 9.84 Å². The molecule has 0 aromatic carbocycles. The minimum atomic E-state index is -2.36. The van der Waals surface area contributed by atoms with E-state index in [9.17, 15) is 8.78 Å². The van der Waals surface area contributed by atoms with Crippen molar-refractivity contribution in [2.45, 2.75) is 12.8 Å². The van der Waals surface area contributed by atoms with Crippen LogP contribution in [0.15, 0.2) is 0 Å². The fraction of sp³-hybridized carbons (Fsp3) is 1.00. The van der Waals surface area contributed by atoms with E-state index in [2.05, 4.69) is 4.90 Å². The Labute approximate surface area is 82.7 Å². The second-order valence-corrected chi connectivity index (χ2v) is 3.63. The van der Waals surface area contributed by atoms with Crippen LogP contribution in [0.4, 0.5) is 8.78 Å². The molecule has 5 heteroatoms. The molecule has 0 amide bonds. The monoisotopic (exact) mass is 209 g/mol. The lowest BCUT2D eigenvalue weighted by atomic mass is 10.0. The number of hydrogen-bond acceptors (Lipinski definition) is 3. The molecule has 1 N–H and O–H groups in total. The summed E-state index contributed by atoms with van der Waals surface area (Å²) >= 11 is 0. The Morgan fingerprint density at radius 3 is 2.71 bits per heavy atom. The quantitative estimate of drug-likeness (QED) is 0.623. The van der Waals surface area contributed by atoms with Crippen LogP contribution >= 0.6 is 0 Å². The zero-order chi connectivity index (χ0) is 10.4. The van der Waals surface area contributed by atoms with Gasteiger partial charge in [-0.2, -0.15) is 0 Å². The molecular weight excluding hydrogens is 192 g/mol. The first-order valence-electron chi connectivity index (χ1n) is 4.91. The van der Waals surface area contributed by atoms with Crippen LogP contribution in [0.3, 0.4) is 0 Å². The molecule has 1 rings (SSSR count). The number of likely N-dealkylation sites (tertiary alicyclic amines) is 1. The Bertz CT molecular complexity index is 152. The predicted molar refractivity (Wildman–Crippen MR) is 48.5 cm³/mol. The van der Waals surface area contributed by atoms with Crippen molar-refractivity contribution in [3.05, 3.63) is 0 Å². The number of ether oxygens (including phenoxy) is 1. The Balaban J connectivity index is 1.81. The van der Waals surface area contributed by atoms with E-state index in [1.165, 1.54) is 0 Å². The van der Waals surface area contributed by atoms with Crippen LogP contribution in [-0.4, -0.2) is 55.9 Å². The molecule has 1 aliphatic heterocycles. The predicted octanol–water partition coefficient (Wildman–Crippen LogP) is 0.582. The Hall–Kier alpha value is -0.260. The molecule has 1 aliphatic rings. The third-order valence-corrected chi connectivity index (χ3v) is 2.30. The second kappa shape index (κ2) is 6.27. The van der Waals surface area contributed by atoms with Crippen LogP contribution in [0.25, 0.3) is 0 Å². The summed E-state index contributed by atoms with van der Waals surface area (Å²) in [4.78, 5) is 2.19. The minimum Gasteiger partial charge on any atom is -0.396 e. The van der Waals surface area contributed by atoms with E-state index in [1.54, 1.807) is 0 Å². The van der Waals surface area contributed by atoms with Gasteiger partial charge in [0, 0.05) is 38.8 Å². The molecule has 0 bridgehead atoms. The van der Waals surface area contributed by atoms with Gasteiger partial charge in [0.2, 0.25) is 0 Å². The van der Waals surface area contributed by atoms with E-state index in [-0.39, 0.29) is 6.61 Å². The van der Waals surface area contributed by atoms with Gasteiger partial charge in [-0.3, -0.25) is 0 Å². The topological polar surface area (TPSA) is 32.7 Å². The first kappa shape index (κ1) is 11.8. The molecule has 1 fully saturated rings. The van der Waals surface area contributed by atoms with E-state index in [0.29, 0.717) is 12.5 Å². The number of aliphatic hydroxyl groups excluding tert-OH is 1. The number of hydrogen-bond donors (Lipinski definition) is 1. The van der Waals surface area contributed by atoms with Gasteiger partial charge in [0.1, 0.15) is 6.61 Å². The van der Waals surface area contributed by atoms with Crippen molar-refractivity contribution in [1.29, 1.82) is 0 Å². The standard InChI is InChI=1S/C9H17F2NO2/c10-9(11)7-14-3-1-2-12-4-8(5-12)6-13/h8-9,13H,1-7H2. The van der Waals surface area contributed by atoms with Crippen molar-refractivity contribution in [3.63, 3.8) is 0 Å². The van der Waals surface area contributed by atoms with Gasteiger partial charge in [-0.15, -0.1) is 0 Å². The number of rotatable bonds is 7. The SMILES string of the molecule is OCC1CN(CCCOCC(F)F)C1. The van der Waals surface area contributed by atoms with Crippen molar-refractivity contribution in [2.24, 2.45) is 5.92 Å². The maximum atomic E-state index is 11.6. The van der Waals surface area contributed by atoms with Gasteiger partial charge in [0.25, 0.3) is 6.43 Å². The molecule has 0 radical (unpaired) electrons. The van der Waals surface area contributed by atoms with Crippen molar-refractivity contribution in [3.8, 4) is 0 Å². The fourth-order valence-electron chi connectivity index (χ4n) is 1.54. The molecule has 3 nitrogen and oxygen atoms in total. The lowest BCUT2D eigenvalue weighted by Gasteiger charge is -2.38. The summed E-state index contributed by atoms with van der Waals surface area (Å²) in [6.45, 7) is 2.90. The minimum absolute atomic E-state index is 0.248. The van der Waals surface area contributed by atoms with Crippen LogP contribution in [0, 0.1) is 5.92 Å². The van der Waals surface area contributed by atoms with E-state index in [1.807, 2.05) is 0 Å². The van der Waals surface area contributed by atoms with Gasteiger partial charge in [0.05, 0.1) is 0 Å². The maximum Gasteiger partial charge on any atom is 0.261 e. The molecule has 0 unspecified atom stereocenters. The molecule has 0 aromatic heterocycles. The lowest BCUT2D eigenvalue weighted by Crippen LogP contribution is -2.48. The van der Waals surface area contributed by atoms with Crippen molar-refractivity contribution >= 4 is 0 Å². The molecule has 14 heavy (non-hydrogen) atoms. The highest BCUT2D eigenvalue weighted by Crippen LogP contribution is 2.14. The molecule has 84 valence electrons. The van der Waals surface area contributed by atoms with Gasteiger partial charge in [-0.05, 0) is 6.42 Å². The Morgan fingerprint density at radius 1 is 1.43 bits per heavy atom. The third kappa shape index (κ3) is 4.30. The molecule has 1 heterocycles. The molecular formula is C9H17F2NO2. The summed E-state index contributed by atoms with van der Waals surface area (Å²) in [6, 6.07) is 0. The van der Waals surface area contributed by atoms with E-state index in [0.717, 1.165) is 26.1 Å². The van der Waals surface area contributed by atoms with Crippen molar-refractivity contribution in [1.82, 2.24) is 4.90 Å². The number of aliphatic hydroxyl groups is 1. The summed E-state index contributed by atoms with van der Waals surface area (Å²) < 4.78 is 28.0. The Morgan fingerprint density at radius 2 is 2.14 bits per heavy atom. The number of halogens is 2. The summed E-state index contributed by atoms with van der Waals surface area (Å²) in [5.74, 6) is 0.414. The van der Waals surface area contributed by atoms with Crippen molar-refractivity contribution < 1.29 is 18.6 Å². The summed E-state index contributed by atoms with van der Waals surface area (Å²) in [5.41, 5.74) is 0. The highest BCUT2D eigenvalue weighted by atomic mass is 19.3. The summed E-state index contributed by atoms with van der Waals surface area (Å²) in [7, 11) is 0. The third-order valence-electron chi connectivity index (χ3n) is 2.30. The normalized spacial score (nSPS) is 18.9. The maximum absolute atomic E-state index is 11.6. The van der Waals surface area contributed by atoms with Gasteiger partial charge >= 0.3 is 0 Å². The average Bonchev–Trinajstić information content (AvgIpc) is 2.07. The summed E-state index contributed by atoms with van der Waals surface area (Å²) in [6.07, 6.45) is -1.58. The molecule has 0 spiro atoms. The zero-order valence-corrected chi connectivity index (χ0v) is 8.16. The largest absolute Gasteiger partial charge is 0.396 e. The fourth-order valence-corrected chi connectivity index (χ4v) is 1.54. The van der Waals surface area contributed by atoms with Crippen LogP contribution in [0.1, 0.15) is 6.42 Å². The average molecular weight is 209 g/mol. The van der Waals surface area contributed by atoms with Crippen LogP contribution < -0.4 is 0 Å². The lowest BCUT2D eigenvalue weighted by molar-refractivity contribution is 0.00622. The number of alkyl halides is 2. The zero-order valence-electron chi connectivity index (χ0n) is 8.16. The Kier molecular flexibility index (Phi) is 5.29. The molecule has 1 saturated heterocycles. The highest BCUT2D eigenvalue weighted by Gasteiger charge is 2.24. The molecule has 0 aliphatic carbocycles. The van der Waals surface area contributed by atoms with Crippen LogP contribution in [0.5, 0.6) is 0 Å².